The quantitative estimate of drug-likeness (QED) is 0.639. The van der Waals surface area contributed by atoms with Crippen molar-refractivity contribution in [3.8, 4) is 0 Å². The molecule has 66 valence electrons. The van der Waals surface area contributed by atoms with Crippen LogP contribution in [0.15, 0.2) is 12.5 Å². The molecule has 1 unspecified atom stereocenters. The molecule has 4 nitrogen and oxygen atoms in total. The molecule has 5 heteroatoms. The zero-order valence-corrected chi connectivity index (χ0v) is 8.83. The van der Waals surface area contributed by atoms with Crippen LogP contribution in [0.5, 0.6) is 0 Å². The minimum absolute atomic E-state index is 0.0284. The first-order valence-electron chi connectivity index (χ1n) is 3.58. The monoisotopic (exact) mass is 279 g/mol. The summed E-state index contributed by atoms with van der Waals surface area (Å²) in [5.74, 6) is 0. The number of nitrogens with one attached hydrogen (secondary N) is 2. The molecule has 0 aliphatic carbocycles. The van der Waals surface area contributed by atoms with Crippen molar-refractivity contribution in [2.45, 2.75) is 12.5 Å². The van der Waals surface area contributed by atoms with E-state index in [-0.39, 0.29) is 9.83 Å². The molecule has 0 amide bonds. The summed E-state index contributed by atoms with van der Waals surface area (Å²) >= 11 is 1.79. The molecule has 0 spiro atoms. The molecular formula is C7H10IN3O. The maximum Gasteiger partial charge on any atom is 0.194 e. The zero-order valence-electron chi connectivity index (χ0n) is 6.67. The van der Waals surface area contributed by atoms with Crippen molar-refractivity contribution in [1.82, 2.24) is 15.3 Å². The van der Waals surface area contributed by atoms with Gasteiger partial charge in [-0.1, -0.05) is 0 Å². The Labute approximate surface area is 84.3 Å². The Kier molecular flexibility index (Phi) is 3.67. The van der Waals surface area contributed by atoms with Crippen LogP contribution in [0.25, 0.3) is 0 Å². The van der Waals surface area contributed by atoms with Crippen LogP contribution in [-0.2, 0) is 4.79 Å². The minimum Gasteiger partial charge on any atom is -0.351 e. The third kappa shape index (κ3) is 2.56. The highest BCUT2D eigenvalue weighted by molar-refractivity contribution is 14.1. The number of aromatic amines is 1. The summed E-state index contributed by atoms with van der Waals surface area (Å²) in [4.78, 5) is 17.7. The van der Waals surface area contributed by atoms with Crippen LogP contribution in [-0.4, -0.2) is 20.8 Å². The van der Waals surface area contributed by atoms with Crippen LogP contribution in [0.3, 0.4) is 0 Å². The van der Waals surface area contributed by atoms with Crippen LogP contribution in [0, 0.1) is 0 Å². The van der Waals surface area contributed by atoms with E-state index in [1.807, 2.05) is 7.05 Å². The molecule has 1 atom stereocenters. The molecule has 1 aromatic heterocycles. The standard InChI is InChI=1S/C7H10IN3O/c1-9-5(2-7(8)12)6-3-10-4-11-6/h3-5,9H,2H2,1H3,(H,10,11). The van der Waals surface area contributed by atoms with Crippen LogP contribution in [0.4, 0.5) is 0 Å². The summed E-state index contributed by atoms with van der Waals surface area (Å²) in [5, 5.41) is 3.03. The second kappa shape index (κ2) is 4.56. The van der Waals surface area contributed by atoms with Gasteiger partial charge in [0, 0.05) is 12.6 Å². The first-order chi connectivity index (χ1) is 5.74. The smallest absolute Gasteiger partial charge is 0.194 e. The summed E-state index contributed by atoms with van der Waals surface area (Å²) in [7, 11) is 1.82. The fourth-order valence-electron chi connectivity index (χ4n) is 0.977. The van der Waals surface area contributed by atoms with E-state index >= 15 is 0 Å². The maximum atomic E-state index is 10.8. The van der Waals surface area contributed by atoms with E-state index < -0.39 is 0 Å². The largest absolute Gasteiger partial charge is 0.351 e. The van der Waals surface area contributed by atoms with Gasteiger partial charge < -0.3 is 10.3 Å². The Balaban J connectivity index is 2.63. The van der Waals surface area contributed by atoms with Crippen LogP contribution >= 0.6 is 22.6 Å². The number of aromatic nitrogens is 2. The molecule has 1 aromatic rings. The van der Waals surface area contributed by atoms with E-state index in [9.17, 15) is 4.79 Å². The van der Waals surface area contributed by atoms with Gasteiger partial charge in [0.2, 0.25) is 0 Å². The molecule has 2 N–H and O–H groups in total. The van der Waals surface area contributed by atoms with Crippen molar-refractivity contribution in [3.05, 3.63) is 18.2 Å². The molecule has 0 radical (unpaired) electrons. The Morgan fingerprint density at radius 2 is 2.67 bits per heavy atom. The number of hydrogen-bond donors (Lipinski definition) is 2. The number of nitrogens with zero attached hydrogens (tertiary/aromatic N) is 1. The summed E-state index contributed by atoms with van der Waals surface area (Å²) in [6.07, 6.45) is 3.88. The molecule has 12 heavy (non-hydrogen) atoms. The number of H-pyrrole nitrogens is 1. The van der Waals surface area contributed by atoms with E-state index in [1.165, 1.54) is 0 Å². The van der Waals surface area contributed by atoms with Crippen molar-refractivity contribution in [2.24, 2.45) is 0 Å². The number of carbonyl (C=O) groups is 1. The predicted octanol–water partition coefficient (Wildman–Crippen LogP) is 1.02. The number of carbonyl (C=O) groups excluding carboxylic acids is 1. The highest BCUT2D eigenvalue weighted by Gasteiger charge is 2.13. The fraction of sp³-hybridized carbons (Fsp3) is 0.429. The van der Waals surface area contributed by atoms with E-state index in [4.69, 9.17) is 0 Å². The molecule has 0 aliphatic rings. The summed E-state index contributed by atoms with van der Waals surface area (Å²) in [5.41, 5.74) is 0.877. The lowest BCUT2D eigenvalue weighted by molar-refractivity contribution is -0.109. The summed E-state index contributed by atoms with van der Waals surface area (Å²) < 4.78 is 0.134. The van der Waals surface area contributed by atoms with Crippen molar-refractivity contribution in [2.75, 3.05) is 7.05 Å². The second-order valence-corrected chi connectivity index (χ2v) is 3.60. The predicted molar refractivity (Wildman–Crippen MR) is 54.0 cm³/mol. The zero-order chi connectivity index (χ0) is 8.97. The van der Waals surface area contributed by atoms with Gasteiger partial charge in [0.05, 0.1) is 18.1 Å². The van der Waals surface area contributed by atoms with Gasteiger partial charge in [0.25, 0.3) is 0 Å². The average Bonchev–Trinajstić information content (AvgIpc) is 2.51. The van der Waals surface area contributed by atoms with Crippen LogP contribution in [0.2, 0.25) is 0 Å². The van der Waals surface area contributed by atoms with Gasteiger partial charge in [-0.15, -0.1) is 0 Å². The Morgan fingerprint density at radius 1 is 1.92 bits per heavy atom. The molecule has 0 fully saturated rings. The number of halogens is 1. The molecule has 0 bridgehead atoms. The molecule has 0 saturated heterocycles. The normalized spacial score (nSPS) is 12.8. The van der Waals surface area contributed by atoms with Gasteiger partial charge in [-0.05, 0) is 29.6 Å². The highest BCUT2D eigenvalue weighted by Crippen LogP contribution is 2.14. The van der Waals surface area contributed by atoms with Crippen LogP contribution < -0.4 is 5.32 Å². The molecule has 0 saturated carbocycles. The number of rotatable bonds is 4. The van der Waals surface area contributed by atoms with Gasteiger partial charge in [-0.2, -0.15) is 0 Å². The van der Waals surface area contributed by atoms with Gasteiger partial charge in [0.1, 0.15) is 0 Å². The average molecular weight is 279 g/mol. The molecule has 1 heterocycles. The molecule has 0 aliphatic heterocycles. The first-order valence-corrected chi connectivity index (χ1v) is 4.66. The van der Waals surface area contributed by atoms with Crippen molar-refractivity contribution in [1.29, 1.82) is 0 Å². The Morgan fingerprint density at radius 3 is 3.08 bits per heavy atom. The van der Waals surface area contributed by atoms with Crippen molar-refractivity contribution < 1.29 is 4.79 Å². The Bertz CT molecular complexity index is 247. The summed E-state index contributed by atoms with van der Waals surface area (Å²) in [6.45, 7) is 0. The van der Waals surface area contributed by atoms with E-state index in [0.717, 1.165) is 5.69 Å². The fourth-order valence-corrected chi connectivity index (χ4v) is 1.42. The van der Waals surface area contributed by atoms with E-state index in [1.54, 1.807) is 35.1 Å². The van der Waals surface area contributed by atoms with E-state index in [2.05, 4.69) is 15.3 Å². The van der Waals surface area contributed by atoms with E-state index in [0.29, 0.717) is 6.42 Å². The number of hydrogen-bond acceptors (Lipinski definition) is 3. The van der Waals surface area contributed by atoms with Gasteiger partial charge >= 0.3 is 0 Å². The lowest BCUT2D eigenvalue weighted by Crippen LogP contribution is -2.18. The second-order valence-electron chi connectivity index (χ2n) is 2.39. The lowest BCUT2D eigenvalue weighted by Gasteiger charge is -2.09. The minimum atomic E-state index is 0.0284. The number of imidazole rings is 1. The highest BCUT2D eigenvalue weighted by atomic mass is 127. The first kappa shape index (κ1) is 9.66. The van der Waals surface area contributed by atoms with Crippen molar-refractivity contribution in [3.63, 3.8) is 0 Å². The maximum absolute atomic E-state index is 10.8. The lowest BCUT2D eigenvalue weighted by atomic mass is 10.2. The topological polar surface area (TPSA) is 57.8 Å². The third-order valence-corrected chi connectivity index (χ3v) is 2.03. The van der Waals surface area contributed by atoms with Crippen LogP contribution in [0.1, 0.15) is 18.2 Å². The molecular weight excluding hydrogens is 269 g/mol. The van der Waals surface area contributed by atoms with Gasteiger partial charge in [-0.3, -0.25) is 4.79 Å². The van der Waals surface area contributed by atoms with Crippen molar-refractivity contribution >= 4 is 26.4 Å². The van der Waals surface area contributed by atoms with Gasteiger partial charge in [-0.25, -0.2) is 4.98 Å². The molecule has 0 aromatic carbocycles. The van der Waals surface area contributed by atoms with Gasteiger partial charge in [0.15, 0.2) is 3.79 Å². The Hall–Kier alpha value is -0.430. The SMILES string of the molecule is CNC(CC(=O)I)c1c[nH]cn1. The third-order valence-electron chi connectivity index (χ3n) is 1.59. The molecule has 1 rings (SSSR count). The summed E-state index contributed by atoms with van der Waals surface area (Å²) in [6, 6.07) is 0.0284.